The number of methoxy groups -OCH3 is 2. The van der Waals surface area contributed by atoms with Crippen molar-refractivity contribution < 1.29 is 37.0 Å². The number of hydrogen-bond donors (Lipinski definition) is 2. The van der Waals surface area contributed by atoms with Crippen LogP contribution < -0.4 is 30.3 Å². The zero-order valence-corrected chi connectivity index (χ0v) is 21.8. The fourth-order valence-electron chi connectivity index (χ4n) is 4.23. The maximum absolute atomic E-state index is 13.0. The molecule has 3 rings (SSSR count). The molecule has 8 nitrogen and oxygen atoms in total. The molecule has 2 N–H and O–H groups in total. The second-order valence-corrected chi connectivity index (χ2v) is 9.04. The van der Waals surface area contributed by atoms with Crippen LogP contribution in [0.15, 0.2) is 46.6 Å². The van der Waals surface area contributed by atoms with Crippen LogP contribution in [0.25, 0.3) is 11.1 Å². The second-order valence-electron chi connectivity index (χ2n) is 8.19. The summed E-state index contributed by atoms with van der Waals surface area (Å²) in [7, 11) is 2.94. The first-order valence-corrected chi connectivity index (χ1v) is 12.7. The van der Waals surface area contributed by atoms with Crippen molar-refractivity contribution in [3.8, 4) is 28.4 Å². The van der Waals surface area contributed by atoms with Crippen LogP contribution in [0.2, 0.25) is 0 Å². The lowest BCUT2D eigenvalue weighted by molar-refractivity contribution is -0.173. The Hall–Kier alpha value is -3.67. The highest BCUT2D eigenvalue weighted by Gasteiger charge is 2.38. The van der Waals surface area contributed by atoms with Gasteiger partial charge in [0.15, 0.2) is 16.9 Å². The van der Waals surface area contributed by atoms with Gasteiger partial charge in [-0.2, -0.15) is 13.2 Å². The van der Waals surface area contributed by atoms with Crippen LogP contribution in [0.5, 0.6) is 17.2 Å². The third-order valence-corrected chi connectivity index (χ3v) is 6.64. The van der Waals surface area contributed by atoms with Crippen molar-refractivity contribution in [2.24, 2.45) is 0 Å². The molecule has 0 bridgehead atoms. The number of carbonyl (C=O) groups is 2. The van der Waals surface area contributed by atoms with Gasteiger partial charge < -0.3 is 24.8 Å². The summed E-state index contributed by atoms with van der Waals surface area (Å²) < 4.78 is 54.8. The molecule has 1 aliphatic carbocycles. The fraction of sp³-hybridized carbons (Fsp3) is 0.346. The average Bonchev–Trinajstić information content (AvgIpc) is 3.12. The maximum atomic E-state index is 13.0. The standard InChI is InChI=1S/C26H27F3N2O6S/c1-5-10-37-19-11-14-6-8-17(31-21(33)13-30-25(34)26(27,28)29)16-12-18(32)20(38-4)9-7-15(16)22(14)24(36-3)23(19)35-2/h5,7,9,11-12,17H,1,6,8,10,13H2,2-4H3,(H,30,34)(H,31,33). The molecule has 1 atom stereocenters. The summed E-state index contributed by atoms with van der Waals surface area (Å²) in [6, 6.07) is 5.85. The van der Waals surface area contributed by atoms with Gasteiger partial charge >= 0.3 is 12.1 Å². The van der Waals surface area contributed by atoms with E-state index in [0.717, 1.165) is 5.56 Å². The van der Waals surface area contributed by atoms with Crippen molar-refractivity contribution >= 4 is 23.6 Å². The molecule has 2 amide bonds. The number of fused-ring (bicyclic) bond motifs is 3. The molecule has 0 aliphatic heterocycles. The molecule has 38 heavy (non-hydrogen) atoms. The summed E-state index contributed by atoms with van der Waals surface area (Å²) in [5, 5.41) is 4.23. The molecule has 0 saturated heterocycles. The average molecular weight is 553 g/mol. The molecule has 2 aromatic rings. The van der Waals surface area contributed by atoms with Crippen molar-refractivity contribution in [3.05, 3.63) is 58.3 Å². The highest BCUT2D eigenvalue weighted by Crippen LogP contribution is 2.50. The molecule has 2 aromatic carbocycles. The minimum absolute atomic E-state index is 0.211. The topological polar surface area (TPSA) is 103 Å². The molecule has 1 unspecified atom stereocenters. The fourth-order valence-corrected chi connectivity index (χ4v) is 4.69. The number of halogens is 3. The Morgan fingerprint density at radius 3 is 2.50 bits per heavy atom. The van der Waals surface area contributed by atoms with Gasteiger partial charge in [0, 0.05) is 5.56 Å². The Kier molecular flexibility index (Phi) is 9.31. The summed E-state index contributed by atoms with van der Waals surface area (Å²) in [4.78, 5) is 37.1. The Balaban J connectivity index is 2.14. The summed E-state index contributed by atoms with van der Waals surface area (Å²) >= 11 is 1.25. The maximum Gasteiger partial charge on any atom is 0.471 e. The van der Waals surface area contributed by atoms with E-state index in [0.29, 0.717) is 51.7 Å². The summed E-state index contributed by atoms with van der Waals surface area (Å²) in [6.07, 6.45) is -1.09. The normalized spacial score (nSPS) is 14.3. The van der Waals surface area contributed by atoms with E-state index < -0.39 is 30.6 Å². The van der Waals surface area contributed by atoms with Gasteiger partial charge in [0.2, 0.25) is 11.7 Å². The zero-order valence-electron chi connectivity index (χ0n) is 21.0. The van der Waals surface area contributed by atoms with Gasteiger partial charge in [-0.15, -0.1) is 11.8 Å². The highest BCUT2D eigenvalue weighted by atomic mass is 32.2. The molecular formula is C26H27F3N2O6S. The third-order valence-electron chi connectivity index (χ3n) is 5.86. The monoisotopic (exact) mass is 552 g/mol. The van der Waals surface area contributed by atoms with Gasteiger partial charge in [-0.1, -0.05) is 18.7 Å². The van der Waals surface area contributed by atoms with E-state index in [4.69, 9.17) is 14.2 Å². The quantitative estimate of drug-likeness (QED) is 0.360. The van der Waals surface area contributed by atoms with E-state index in [1.54, 1.807) is 35.8 Å². The molecule has 0 fully saturated rings. The lowest BCUT2D eigenvalue weighted by atomic mass is 9.95. The van der Waals surface area contributed by atoms with Crippen LogP contribution >= 0.6 is 11.8 Å². The molecule has 0 radical (unpaired) electrons. The number of carbonyl (C=O) groups excluding carboxylic acids is 2. The predicted molar refractivity (Wildman–Crippen MR) is 137 cm³/mol. The molecule has 0 spiro atoms. The SMILES string of the molecule is C=CCOc1cc2c(c(OC)c1OC)-c1ccc(SC)c(=O)cc1C(NC(=O)CNC(=O)C(F)(F)F)CC2. The molecule has 0 heterocycles. The Morgan fingerprint density at radius 2 is 1.89 bits per heavy atom. The van der Waals surface area contributed by atoms with Crippen LogP contribution in [-0.2, 0) is 16.0 Å². The van der Waals surface area contributed by atoms with Crippen molar-refractivity contribution in [1.29, 1.82) is 0 Å². The van der Waals surface area contributed by atoms with E-state index in [9.17, 15) is 27.6 Å². The van der Waals surface area contributed by atoms with Crippen molar-refractivity contribution in [1.82, 2.24) is 10.6 Å². The second kappa shape index (κ2) is 12.2. The zero-order chi connectivity index (χ0) is 28.0. The molecule has 204 valence electrons. The van der Waals surface area contributed by atoms with E-state index in [2.05, 4.69) is 11.9 Å². The summed E-state index contributed by atoms with van der Waals surface area (Å²) in [5.41, 5.74) is 2.16. The minimum atomic E-state index is -5.11. The first-order valence-electron chi connectivity index (χ1n) is 11.4. The number of thioether (sulfide) groups is 1. The van der Waals surface area contributed by atoms with Gasteiger partial charge in [0.25, 0.3) is 0 Å². The molecule has 0 aromatic heterocycles. The van der Waals surface area contributed by atoms with Crippen molar-refractivity contribution in [2.45, 2.75) is 30.0 Å². The number of ether oxygens (including phenoxy) is 3. The van der Waals surface area contributed by atoms with E-state index in [1.165, 1.54) is 32.0 Å². The van der Waals surface area contributed by atoms with Crippen LogP contribution in [0.4, 0.5) is 13.2 Å². The van der Waals surface area contributed by atoms with Crippen LogP contribution in [0, 0.1) is 0 Å². The smallest absolute Gasteiger partial charge is 0.471 e. The van der Waals surface area contributed by atoms with Crippen LogP contribution in [0.3, 0.4) is 0 Å². The molecule has 1 aliphatic rings. The number of nitrogens with one attached hydrogen (secondary N) is 2. The number of hydrogen-bond acceptors (Lipinski definition) is 7. The van der Waals surface area contributed by atoms with Gasteiger partial charge in [-0.05, 0) is 54.0 Å². The first kappa shape index (κ1) is 28.9. The minimum Gasteiger partial charge on any atom is -0.492 e. The van der Waals surface area contributed by atoms with Gasteiger partial charge in [-0.25, -0.2) is 0 Å². The number of rotatable bonds is 9. The molecule has 0 saturated carbocycles. The predicted octanol–water partition coefficient (Wildman–Crippen LogP) is 3.80. The van der Waals surface area contributed by atoms with Gasteiger partial charge in [0.1, 0.15) is 6.61 Å². The van der Waals surface area contributed by atoms with E-state index in [-0.39, 0.29) is 12.0 Å². The first-order chi connectivity index (χ1) is 18.0. The third kappa shape index (κ3) is 6.24. The lowest BCUT2D eigenvalue weighted by Gasteiger charge is -2.20. The molecular weight excluding hydrogens is 525 g/mol. The van der Waals surface area contributed by atoms with Gasteiger partial charge in [-0.3, -0.25) is 14.4 Å². The molecule has 12 heteroatoms. The van der Waals surface area contributed by atoms with E-state index in [1.807, 2.05) is 0 Å². The van der Waals surface area contributed by atoms with Crippen molar-refractivity contribution in [2.75, 3.05) is 33.6 Å². The number of alkyl halides is 3. The van der Waals surface area contributed by atoms with Gasteiger partial charge in [0.05, 0.1) is 31.7 Å². The van der Waals surface area contributed by atoms with Crippen molar-refractivity contribution in [3.63, 3.8) is 0 Å². The summed E-state index contributed by atoms with van der Waals surface area (Å²) in [6.45, 7) is 2.99. The van der Waals surface area contributed by atoms with Crippen LogP contribution in [-0.4, -0.2) is 51.6 Å². The number of aryl methyl sites for hydroxylation is 1. The van der Waals surface area contributed by atoms with E-state index >= 15 is 0 Å². The lowest BCUT2D eigenvalue weighted by Crippen LogP contribution is -2.43. The Labute approximate surface area is 221 Å². The summed E-state index contributed by atoms with van der Waals surface area (Å²) in [5.74, 6) is -1.96. The number of benzene rings is 1. The highest BCUT2D eigenvalue weighted by molar-refractivity contribution is 7.98. The Morgan fingerprint density at radius 1 is 1.18 bits per heavy atom. The largest absolute Gasteiger partial charge is 0.492 e. The van der Waals surface area contributed by atoms with Crippen LogP contribution in [0.1, 0.15) is 23.6 Å². The number of amides is 2. The Bertz CT molecular complexity index is 1300.